The normalized spacial score (nSPS) is 15.6. The summed E-state index contributed by atoms with van der Waals surface area (Å²) in [6, 6.07) is 0. The number of unbranched alkanes of at least 4 members (excludes halogenated alkanes) is 2. The summed E-state index contributed by atoms with van der Waals surface area (Å²) < 4.78 is 11.5. The Morgan fingerprint density at radius 1 is 1.31 bits per heavy atom. The maximum atomic E-state index is 11.5. The summed E-state index contributed by atoms with van der Waals surface area (Å²) in [5, 5.41) is 0. The topological polar surface area (TPSA) is 43.1 Å². The summed E-state index contributed by atoms with van der Waals surface area (Å²) in [6.07, 6.45) is 4.40. The first-order valence-corrected chi connectivity index (χ1v) is 6.74. The average molecular weight is 205 g/mol. The molecule has 0 fully saturated rings. The van der Waals surface area contributed by atoms with Crippen molar-refractivity contribution in [3.8, 4) is 0 Å². The molecule has 0 saturated carbocycles. The van der Waals surface area contributed by atoms with Gasteiger partial charge in [-0.05, 0) is 25.3 Å². The molecule has 0 amide bonds. The Balaban J connectivity index is 3.30. The second-order valence-electron chi connectivity index (χ2n) is 3.67. The second-order valence-corrected chi connectivity index (χ2v) is 5.29. The van der Waals surface area contributed by atoms with Crippen LogP contribution < -0.4 is 5.73 Å². The second kappa shape index (κ2) is 8.70. The van der Waals surface area contributed by atoms with E-state index in [0.29, 0.717) is 5.92 Å². The first-order chi connectivity index (χ1) is 6.20. The summed E-state index contributed by atoms with van der Waals surface area (Å²) >= 11 is 0. The molecule has 0 radical (unpaired) electrons. The Kier molecular flexibility index (Phi) is 8.77. The monoisotopic (exact) mass is 205 g/mol. The van der Waals surface area contributed by atoms with Gasteiger partial charge in [0.15, 0.2) is 0 Å². The van der Waals surface area contributed by atoms with E-state index in [4.69, 9.17) is 5.73 Å². The zero-order valence-electron chi connectivity index (χ0n) is 8.92. The number of hydrogen-bond acceptors (Lipinski definition) is 2. The first kappa shape index (κ1) is 13.1. The standard InChI is InChI=1S/C10H23NOS/c1-3-10(2)9-13(12)8-6-4-5-7-11/h10H,3-9,11H2,1-2H3. The van der Waals surface area contributed by atoms with E-state index in [0.717, 1.165) is 43.7 Å². The molecule has 0 rings (SSSR count). The fourth-order valence-corrected chi connectivity index (χ4v) is 2.67. The predicted octanol–water partition coefficient (Wildman–Crippen LogP) is 1.91. The van der Waals surface area contributed by atoms with E-state index < -0.39 is 10.8 Å². The molecule has 0 bridgehead atoms. The van der Waals surface area contributed by atoms with Gasteiger partial charge in [-0.3, -0.25) is 4.21 Å². The Bertz CT molecular complexity index is 139. The zero-order valence-corrected chi connectivity index (χ0v) is 9.74. The van der Waals surface area contributed by atoms with Gasteiger partial charge in [0, 0.05) is 22.3 Å². The maximum absolute atomic E-state index is 11.5. The fraction of sp³-hybridized carbons (Fsp3) is 1.00. The van der Waals surface area contributed by atoms with E-state index in [-0.39, 0.29) is 0 Å². The van der Waals surface area contributed by atoms with E-state index in [9.17, 15) is 4.21 Å². The number of hydrogen-bond donors (Lipinski definition) is 1. The molecule has 0 aliphatic rings. The maximum Gasteiger partial charge on any atom is 0.0260 e. The molecule has 0 aromatic heterocycles. The summed E-state index contributed by atoms with van der Waals surface area (Å²) in [7, 11) is -0.594. The molecule has 0 aromatic carbocycles. The molecule has 2 N–H and O–H groups in total. The molecule has 0 saturated heterocycles. The van der Waals surface area contributed by atoms with Crippen molar-refractivity contribution >= 4 is 10.8 Å². The van der Waals surface area contributed by atoms with Crippen LogP contribution >= 0.6 is 0 Å². The molecule has 0 aliphatic heterocycles. The Hall–Kier alpha value is 0.110. The van der Waals surface area contributed by atoms with Crippen LogP contribution in [-0.4, -0.2) is 22.3 Å². The van der Waals surface area contributed by atoms with Gasteiger partial charge in [-0.15, -0.1) is 0 Å². The van der Waals surface area contributed by atoms with Crippen LogP contribution in [0.4, 0.5) is 0 Å². The fourth-order valence-electron chi connectivity index (χ4n) is 1.10. The highest BCUT2D eigenvalue weighted by molar-refractivity contribution is 7.84. The highest BCUT2D eigenvalue weighted by Gasteiger charge is 2.04. The minimum atomic E-state index is -0.594. The predicted molar refractivity (Wildman–Crippen MR) is 60.2 cm³/mol. The van der Waals surface area contributed by atoms with Crippen LogP contribution in [0, 0.1) is 5.92 Å². The SMILES string of the molecule is CCC(C)CS(=O)CCCCCN. The largest absolute Gasteiger partial charge is 0.330 e. The third kappa shape index (κ3) is 8.44. The molecule has 0 spiro atoms. The van der Waals surface area contributed by atoms with Crippen molar-refractivity contribution in [2.24, 2.45) is 11.7 Å². The molecule has 2 atom stereocenters. The highest BCUT2D eigenvalue weighted by atomic mass is 32.2. The van der Waals surface area contributed by atoms with E-state index in [1.165, 1.54) is 0 Å². The molecule has 0 heterocycles. The van der Waals surface area contributed by atoms with Crippen molar-refractivity contribution in [3.63, 3.8) is 0 Å². The summed E-state index contributed by atoms with van der Waals surface area (Å²) in [5.41, 5.74) is 5.37. The van der Waals surface area contributed by atoms with E-state index in [2.05, 4.69) is 13.8 Å². The summed E-state index contributed by atoms with van der Waals surface area (Å²) in [6.45, 7) is 5.08. The molecule has 13 heavy (non-hydrogen) atoms. The van der Waals surface area contributed by atoms with Gasteiger partial charge < -0.3 is 5.73 Å². The van der Waals surface area contributed by atoms with Gasteiger partial charge in [-0.25, -0.2) is 0 Å². The van der Waals surface area contributed by atoms with E-state index >= 15 is 0 Å². The van der Waals surface area contributed by atoms with Crippen LogP contribution in [0.15, 0.2) is 0 Å². The van der Waals surface area contributed by atoms with Crippen LogP contribution in [0.25, 0.3) is 0 Å². The van der Waals surface area contributed by atoms with Gasteiger partial charge in [-0.2, -0.15) is 0 Å². The molecule has 2 nitrogen and oxygen atoms in total. The lowest BCUT2D eigenvalue weighted by molar-refractivity contribution is 0.613. The summed E-state index contributed by atoms with van der Waals surface area (Å²) in [5.74, 6) is 2.35. The molecular formula is C10H23NOS. The minimum Gasteiger partial charge on any atom is -0.330 e. The molecule has 80 valence electrons. The third-order valence-electron chi connectivity index (χ3n) is 2.24. The van der Waals surface area contributed by atoms with Crippen molar-refractivity contribution in [3.05, 3.63) is 0 Å². The van der Waals surface area contributed by atoms with Gasteiger partial charge in [-0.1, -0.05) is 26.7 Å². The number of nitrogens with two attached hydrogens (primary N) is 1. The quantitative estimate of drug-likeness (QED) is 0.615. The summed E-state index contributed by atoms with van der Waals surface area (Å²) in [4.78, 5) is 0. The van der Waals surface area contributed by atoms with Crippen molar-refractivity contribution < 1.29 is 4.21 Å². The first-order valence-electron chi connectivity index (χ1n) is 5.25. The lowest BCUT2D eigenvalue weighted by Crippen LogP contribution is -2.10. The molecule has 0 aromatic rings. The lowest BCUT2D eigenvalue weighted by Gasteiger charge is -2.07. The molecule has 2 unspecified atom stereocenters. The number of rotatable bonds is 8. The minimum absolute atomic E-state index is 0.594. The highest BCUT2D eigenvalue weighted by Crippen LogP contribution is 2.05. The van der Waals surface area contributed by atoms with Gasteiger partial charge in [0.05, 0.1) is 0 Å². The van der Waals surface area contributed by atoms with E-state index in [1.807, 2.05) is 0 Å². The van der Waals surface area contributed by atoms with Gasteiger partial charge in [0.25, 0.3) is 0 Å². The Morgan fingerprint density at radius 2 is 2.00 bits per heavy atom. The Labute approximate surface area is 84.7 Å². The van der Waals surface area contributed by atoms with Gasteiger partial charge >= 0.3 is 0 Å². The smallest absolute Gasteiger partial charge is 0.0260 e. The Morgan fingerprint density at radius 3 is 2.54 bits per heavy atom. The van der Waals surface area contributed by atoms with Crippen LogP contribution in [0.1, 0.15) is 39.5 Å². The third-order valence-corrected chi connectivity index (χ3v) is 3.93. The van der Waals surface area contributed by atoms with E-state index in [1.54, 1.807) is 0 Å². The van der Waals surface area contributed by atoms with Crippen molar-refractivity contribution in [2.75, 3.05) is 18.1 Å². The van der Waals surface area contributed by atoms with Crippen LogP contribution in [0.3, 0.4) is 0 Å². The van der Waals surface area contributed by atoms with Crippen molar-refractivity contribution in [1.29, 1.82) is 0 Å². The molecule has 0 aliphatic carbocycles. The lowest BCUT2D eigenvalue weighted by atomic mass is 10.2. The zero-order chi connectivity index (χ0) is 10.1. The van der Waals surface area contributed by atoms with Crippen molar-refractivity contribution in [2.45, 2.75) is 39.5 Å². The molecule has 3 heteroatoms. The van der Waals surface area contributed by atoms with Crippen LogP contribution in [-0.2, 0) is 10.8 Å². The van der Waals surface area contributed by atoms with Crippen molar-refractivity contribution in [1.82, 2.24) is 0 Å². The van der Waals surface area contributed by atoms with Gasteiger partial charge in [0.2, 0.25) is 0 Å². The molecular weight excluding hydrogens is 182 g/mol. The van der Waals surface area contributed by atoms with Gasteiger partial charge in [0.1, 0.15) is 0 Å². The average Bonchev–Trinajstić information content (AvgIpc) is 2.12. The van der Waals surface area contributed by atoms with Crippen LogP contribution in [0.2, 0.25) is 0 Å². The van der Waals surface area contributed by atoms with Crippen LogP contribution in [0.5, 0.6) is 0 Å².